The molecule has 5 nitrogen and oxygen atoms in total. The molecule has 24 heavy (non-hydrogen) atoms. The predicted octanol–water partition coefficient (Wildman–Crippen LogP) is 3.03. The van der Waals surface area contributed by atoms with Crippen LogP contribution in [0.1, 0.15) is 37.7 Å². The van der Waals surface area contributed by atoms with E-state index >= 15 is 0 Å². The summed E-state index contributed by atoms with van der Waals surface area (Å²) in [6.07, 6.45) is 4.92. The number of para-hydroxylation sites is 1. The SMILES string of the molecule is O=C(NCc1ccccc1OC(F)F)NC1CCCCCC1CO. The Hall–Kier alpha value is -1.89. The molecule has 1 aromatic carbocycles. The van der Waals surface area contributed by atoms with E-state index in [-0.39, 0.29) is 36.9 Å². The summed E-state index contributed by atoms with van der Waals surface area (Å²) < 4.78 is 29.2. The molecule has 3 N–H and O–H groups in total. The second-order valence-electron chi connectivity index (χ2n) is 6.00. The lowest BCUT2D eigenvalue weighted by molar-refractivity contribution is -0.0504. The summed E-state index contributed by atoms with van der Waals surface area (Å²) in [6.45, 7) is -2.77. The highest BCUT2D eigenvalue weighted by molar-refractivity contribution is 5.74. The molecule has 0 saturated heterocycles. The van der Waals surface area contributed by atoms with Crippen LogP contribution in [0.3, 0.4) is 0 Å². The molecule has 1 aliphatic rings. The molecular weight excluding hydrogens is 318 g/mol. The molecule has 0 bridgehead atoms. The Morgan fingerprint density at radius 3 is 2.75 bits per heavy atom. The molecule has 0 aliphatic heterocycles. The fraction of sp³-hybridized carbons (Fsp3) is 0.588. The van der Waals surface area contributed by atoms with Gasteiger partial charge in [-0.25, -0.2) is 4.79 Å². The monoisotopic (exact) mass is 342 g/mol. The molecule has 0 heterocycles. The molecular formula is C17H24F2N2O3. The Morgan fingerprint density at radius 2 is 2.00 bits per heavy atom. The van der Waals surface area contributed by atoms with E-state index in [0.29, 0.717) is 5.56 Å². The van der Waals surface area contributed by atoms with Crippen LogP contribution in [-0.4, -0.2) is 30.4 Å². The van der Waals surface area contributed by atoms with Crippen molar-refractivity contribution in [1.29, 1.82) is 0 Å². The van der Waals surface area contributed by atoms with Crippen LogP contribution in [0.5, 0.6) is 5.75 Å². The topological polar surface area (TPSA) is 70.6 Å². The van der Waals surface area contributed by atoms with E-state index in [2.05, 4.69) is 15.4 Å². The van der Waals surface area contributed by atoms with Crippen molar-refractivity contribution in [2.75, 3.05) is 6.61 Å². The highest BCUT2D eigenvalue weighted by Crippen LogP contribution is 2.23. The number of alkyl halides is 2. The number of amides is 2. The maximum atomic E-state index is 12.4. The maximum absolute atomic E-state index is 12.4. The van der Waals surface area contributed by atoms with Gasteiger partial charge >= 0.3 is 12.6 Å². The van der Waals surface area contributed by atoms with Gasteiger partial charge in [-0.05, 0) is 18.9 Å². The lowest BCUT2D eigenvalue weighted by Gasteiger charge is -2.24. The van der Waals surface area contributed by atoms with Crippen LogP contribution in [0.2, 0.25) is 0 Å². The van der Waals surface area contributed by atoms with E-state index in [4.69, 9.17) is 0 Å². The van der Waals surface area contributed by atoms with E-state index < -0.39 is 6.61 Å². The minimum Gasteiger partial charge on any atom is -0.434 e. The van der Waals surface area contributed by atoms with Gasteiger partial charge in [-0.3, -0.25) is 0 Å². The number of hydrogen-bond donors (Lipinski definition) is 3. The zero-order valence-corrected chi connectivity index (χ0v) is 13.5. The number of carbonyl (C=O) groups is 1. The normalized spacial score (nSPS) is 21.2. The third-order valence-corrected chi connectivity index (χ3v) is 4.34. The number of aliphatic hydroxyl groups is 1. The van der Waals surface area contributed by atoms with Crippen LogP contribution in [0, 0.1) is 5.92 Å². The van der Waals surface area contributed by atoms with Crippen LogP contribution in [-0.2, 0) is 6.54 Å². The van der Waals surface area contributed by atoms with Gasteiger partial charge in [-0.2, -0.15) is 8.78 Å². The Labute approximate surface area is 140 Å². The van der Waals surface area contributed by atoms with Gasteiger partial charge in [0.1, 0.15) is 5.75 Å². The molecule has 7 heteroatoms. The summed E-state index contributed by atoms with van der Waals surface area (Å²) in [5.74, 6) is 0.114. The van der Waals surface area contributed by atoms with Gasteiger partial charge in [0.05, 0.1) is 0 Å². The fourth-order valence-corrected chi connectivity index (χ4v) is 3.05. The fourth-order valence-electron chi connectivity index (χ4n) is 3.05. The highest BCUT2D eigenvalue weighted by Gasteiger charge is 2.24. The third kappa shape index (κ3) is 5.63. The van der Waals surface area contributed by atoms with Crippen molar-refractivity contribution in [2.45, 2.75) is 51.3 Å². The summed E-state index contributed by atoms with van der Waals surface area (Å²) >= 11 is 0. The first-order valence-electron chi connectivity index (χ1n) is 8.28. The Bertz CT molecular complexity index is 528. The molecule has 0 spiro atoms. The van der Waals surface area contributed by atoms with E-state index in [0.717, 1.165) is 32.1 Å². The van der Waals surface area contributed by atoms with E-state index in [1.54, 1.807) is 18.2 Å². The molecule has 0 aromatic heterocycles. The molecule has 2 rings (SSSR count). The number of rotatable bonds is 6. The molecule has 0 radical (unpaired) electrons. The van der Waals surface area contributed by atoms with Gasteiger partial charge in [0.2, 0.25) is 0 Å². The van der Waals surface area contributed by atoms with E-state index in [1.165, 1.54) is 6.07 Å². The van der Waals surface area contributed by atoms with Gasteiger partial charge in [0.25, 0.3) is 0 Å². The standard InChI is InChI=1S/C17H24F2N2O3/c18-16(19)24-15-9-5-4-6-12(15)10-20-17(23)21-14-8-3-1-2-7-13(14)11-22/h4-6,9,13-14,16,22H,1-3,7-8,10-11H2,(H2,20,21,23). The van der Waals surface area contributed by atoms with E-state index in [9.17, 15) is 18.7 Å². The first-order valence-corrected chi connectivity index (χ1v) is 8.28. The third-order valence-electron chi connectivity index (χ3n) is 4.34. The van der Waals surface area contributed by atoms with Crippen LogP contribution < -0.4 is 15.4 Å². The van der Waals surface area contributed by atoms with Crippen molar-refractivity contribution in [3.63, 3.8) is 0 Å². The maximum Gasteiger partial charge on any atom is 0.387 e. The van der Waals surface area contributed by atoms with Gasteiger partial charge in [-0.1, -0.05) is 37.5 Å². The summed E-state index contributed by atoms with van der Waals surface area (Å²) in [6, 6.07) is 5.92. The molecule has 134 valence electrons. The summed E-state index contributed by atoms with van der Waals surface area (Å²) in [5, 5.41) is 15.0. The van der Waals surface area contributed by atoms with Crippen molar-refractivity contribution in [3.05, 3.63) is 29.8 Å². The molecule has 2 unspecified atom stereocenters. The smallest absolute Gasteiger partial charge is 0.387 e. The van der Waals surface area contributed by atoms with Crippen molar-refractivity contribution in [1.82, 2.24) is 10.6 Å². The number of halogens is 2. The highest BCUT2D eigenvalue weighted by atomic mass is 19.3. The van der Waals surface area contributed by atoms with E-state index in [1.807, 2.05) is 0 Å². The molecule has 1 saturated carbocycles. The Morgan fingerprint density at radius 1 is 1.25 bits per heavy atom. The average Bonchev–Trinajstić information content (AvgIpc) is 2.78. The Kier molecular flexibility index (Phi) is 7.24. The second-order valence-corrected chi connectivity index (χ2v) is 6.00. The largest absolute Gasteiger partial charge is 0.434 e. The Balaban J connectivity index is 1.88. The van der Waals surface area contributed by atoms with Crippen molar-refractivity contribution in [2.24, 2.45) is 5.92 Å². The molecule has 1 fully saturated rings. The van der Waals surface area contributed by atoms with Gasteiger partial charge in [0, 0.05) is 30.7 Å². The van der Waals surface area contributed by atoms with Crippen molar-refractivity contribution >= 4 is 6.03 Å². The zero-order valence-electron chi connectivity index (χ0n) is 13.5. The second kappa shape index (κ2) is 9.42. The van der Waals surface area contributed by atoms with Crippen LogP contribution in [0.15, 0.2) is 24.3 Å². The van der Waals surface area contributed by atoms with Crippen molar-refractivity contribution in [3.8, 4) is 5.75 Å². The average molecular weight is 342 g/mol. The number of aliphatic hydroxyl groups excluding tert-OH is 1. The summed E-state index contributed by atoms with van der Waals surface area (Å²) in [4.78, 5) is 12.1. The van der Waals surface area contributed by atoms with Gasteiger partial charge in [-0.15, -0.1) is 0 Å². The van der Waals surface area contributed by atoms with Crippen molar-refractivity contribution < 1.29 is 23.4 Å². The minimum atomic E-state index is -2.91. The van der Waals surface area contributed by atoms with Gasteiger partial charge < -0.3 is 20.5 Å². The molecule has 1 aromatic rings. The number of ether oxygens (including phenoxy) is 1. The van der Waals surface area contributed by atoms with Gasteiger partial charge in [0.15, 0.2) is 0 Å². The predicted molar refractivity (Wildman–Crippen MR) is 85.9 cm³/mol. The van der Waals surface area contributed by atoms with Crippen LogP contribution in [0.4, 0.5) is 13.6 Å². The van der Waals surface area contributed by atoms with Crippen LogP contribution >= 0.6 is 0 Å². The first kappa shape index (κ1) is 18.4. The number of carbonyl (C=O) groups excluding carboxylic acids is 1. The number of urea groups is 1. The number of benzene rings is 1. The molecule has 2 amide bonds. The van der Waals surface area contributed by atoms with Crippen LogP contribution in [0.25, 0.3) is 0 Å². The number of nitrogens with one attached hydrogen (secondary N) is 2. The molecule has 2 atom stereocenters. The summed E-state index contributed by atoms with van der Waals surface area (Å²) in [7, 11) is 0. The molecule has 1 aliphatic carbocycles. The summed E-state index contributed by atoms with van der Waals surface area (Å²) in [5.41, 5.74) is 0.479. The zero-order chi connectivity index (χ0) is 17.4. The lowest BCUT2D eigenvalue weighted by atomic mass is 9.96. The lowest BCUT2D eigenvalue weighted by Crippen LogP contribution is -2.45. The number of hydrogen-bond acceptors (Lipinski definition) is 3. The first-order chi connectivity index (χ1) is 11.6. The minimum absolute atomic E-state index is 0.0514. The quantitative estimate of drug-likeness (QED) is 0.696.